The van der Waals surface area contributed by atoms with E-state index in [1.165, 1.54) is 5.56 Å². The third-order valence-electron chi connectivity index (χ3n) is 4.43. The second-order valence-electron chi connectivity index (χ2n) is 6.47. The van der Waals surface area contributed by atoms with Gasteiger partial charge in [0.05, 0.1) is 18.1 Å². The van der Waals surface area contributed by atoms with E-state index in [4.69, 9.17) is 4.74 Å². The number of rotatable bonds is 7. The van der Waals surface area contributed by atoms with Crippen LogP contribution in [-0.2, 0) is 13.0 Å². The van der Waals surface area contributed by atoms with Gasteiger partial charge in [-0.05, 0) is 37.1 Å². The van der Waals surface area contributed by atoms with Crippen molar-refractivity contribution in [3.8, 4) is 5.75 Å². The van der Waals surface area contributed by atoms with Gasteiger partial charge in [-0.25, -0.2) is 4.98 Å². The van der Waals surface area contributed by atoms with Crippen molar-refractivity contribution in [3.05, 3.63) is 59.4 Å². The number of aliphatic imine (C=N–C) groups is 1. The van der Waals surface area contributed by atoms with Gasteiger partial charge in [-0.1, -0.05) is 24.3 Å². The molecule has 1 aromatic heterocycles. The number of aromatic amines is 1. The Morgan fingerprint density at radius 1 is 1.18 bits per heavy atom. The maximum Gasteiger partial charge on any atom is 0.191 e. The first-order valence-corrected chi connectivity index (χ1v) is 9.21. The smallest absolute Gasteiger partial charge is 0.191 e. The molecule has 0 aliphatic heterocycles. The number of halogens is 1. The number of guanidine groups is 1. The van der Waals surface area contributed by atoms with E-state index in [1.54, 1.807) is 14.2 Å². The summed E-state index contributed by atoms with van der Waals surface area (Å²) in [5.74, 6) is 2.69. The minimum absolute atomic E-state index is 0. The molecule has 0 aliphatic rings. The number of para-hydroxylation sites is 2. The van der Waals surface area contributed by atoms with Crippen LogP contribution in [0.25, 0.3) is 11.0 Å². The molecule has 0 atom stereocenters. The molecule has 0 saturated heterocycles. The Hall–Kier alpha value is -2.29. The van der Waals surface area contributed by atoms with Crippen LogP contribution in [0.1, 0.15) is 23.4 Å². The Kier molecular flexibility index (Phi) is 8.56. The Morgan fingerprint density at radius 3 is 2.75 bits per heavy atom. The Balaban J connectivity index is 0.00000280. The van der Waals surface area contributed by atoms with Crippen molar-refractivity contribution >= 4 is 41.0 Å². The zero-order valence-corrected chi connectivity index (χ0v) is 18.9. The van der Waals surface area contributed by atoms with Gasteiger partial charge in [0.2, 0.25) is 0 Å². The van der Waals surface area contributed by atoms with E-state index in [-0.39, 0.29) is 24.0 Å². The first-order valence-electron chi connectivity index (χ1n) is 9.21. The van der Waals surface area contributed by atoms with Crippen LogP contribution < -0.4 is 15.4 Å². The summed E-state index contributed by atoms with van der Waals surface area (Å²) in [4.78, 5) is 12.3. The zero-order chi connectivity index (χ0) is 19.1. The molecule has 150 valence electrons. The summed E-state index contributed by atoms with van der Waals surface area (Å²) in [6.07, 6.45) is 1.86. The molecule has 6 nitrogen and oxygen atoms in total. The normalized spacial score (nSPS) is 11.2. The fourth-order valence-electron chi connectivity index (χ4n) is 2.98. The van der Waals surface area contributed by atoms with Crippen LogP contribution in [-0.4, -0.2) is 36.6 Å². The summed E-state index contributed by atoms with van der Waals surface area (Å²) < 4.78 is 5.45. The highest BCUT2D eigenvalue weighted by Gasteiger charge is 2.05. The monoisotopic (exact) mass is 493 g/mol. The molecule has 3 rings (SSSR count). The zero-order valence-electron chi connectivity index (χ0n) is 16.6. The SMILES string of the molecule is CN=C(NCCCc1nc2ccccc2[nH]1)NCc1ccc(C)cc1OC.I. The molecular weight excluding hydrogens is 465 g/mol. The molecule has 0 saturated carbocycles. The Bertz CT molecular complexity index is 889. The molecule has 0 bridgehead atoms. The predicted octanol–water partition coefficient (Wildman–Crippen LogP) is 3.80. The number of nitrogens with zero attached hydrogens (tertiary/aromatic N) is 2. The van der Waals surface area contributed by atoms with Crippen LogP contribution in [0, 0.1) is 6.92 Å². The molecule has 3 N–H and O–H groups in total. The average molecular weight is 493 g/mol. The molecule has 0 amide bonds. The maximum absolute atomic E-state index is 5.45. The molecule has 2 aromatic carbocycles. The van der Waals surface area contributed by atoms with E-state index < -0.39 is 0 Å². The molecule has 0 fully saturated rings. The van der Waals surface area contributed by atoms with Crippen molar-refractivity contribution in [3.63, 3.8) is 0 Å². The van der Waals surface area contributed by atoms with E-state index in [2.05, 4.69) is 50.7 Å². The fourth-order valence-corrected chi connectivity index (χ4v) is 2.98. The Morgan fingerprint density at radius 2 is 2.00 bits per heavy atom. The highest BCUT2D eigenvalue weighted by Crippen LogP contribution is 2.19. The number of aryl methyl sites for hydroxylation is 2. The van der Waals surface area contributed by atoms with Crippen molar-refractivity contribution in [2.75, 3.05) is 20.7 Å². The maximum atomic E-state index is 5.45. The van der Waals surface area contributed by atoms with E-state index in [0.717, 1.165) is 53.5 Å². The number of imidazole rings is 1. The first-order chi connectivity index (χ1) is 13.2. The first kappa shape index (κ1) is 22.0. The fraction of sp³-hybridized carbons (Fsp3) is 0.333. The van der Waals surface area contributed by atoms with Gasteiger partial charge in [-0.2, -0.15) is 0 Å². The van der Waals surface area contributed by atoms with Gasteiger partial charge in [0.25, 0.3) is 0 Å². The molecule has 0 aliphatic carbocycles. The average Bonchev–Trinajstić information content (AvgIpc) is 3.11. The van der Waals surface area contributed by atoms with Gasteiger partial charge in [-0.3, -0.25) is 4.99 Å². The minimum Gasteiger partial charge on any atom is -0.496 e. The number of fused-ring (bicyclic) bond motifs is 1. The van der Waals surface area contributed by atoms with Gasteiger partial charge in [0.15, 0.2) is 5.96 Å². The summed E-state index contributed by atoms with van der Waals surface area (Å²) in [6, 6.07) is 14.3. The summed E-state index contributed by atoms with van der Waals surface area (Å²) in [5.41, 5.74) is 4.40. The topological polar surface area (TPSA) is 74.3 Å². The van der Waals surface area contributed by atoms with Gasteiger partial charge >= 0.3 is 0 Å². The van der Waals surface area contributed by atoms with Crippen molar-refractivity contribution in [2.45, 2.75) is 26.3 Å². The van der Waals surface area contributed by atoms with E-state index in [9.17, 15) is 0 Å². The third-order valence-corrected chi connectivity index (χ3v) is 4.43. The number of hydrogen-bond acceptors (Lipinski definition) is 3. The molecule has 28 heavy (non-hydrogen) atoms. The molecule has 0 spiro atoms. The summed E-state index contributed by atoms with van der Waals surface area (Å²) in [5, 5.41) is 6.68. The lowest BCUT2D eigenvalue weighted by molar-refractivity contribution is 0.408. The molecule has 7 heteroatoms. The van der Waals surface area contributed by atoms with Gasteiger partial charge in [-0.15, -0.1) is 24.0 Å². The lowest BCUT2D eigenvalue weighted by Crippen LogP contribution is -2.37. The standard InChI is InChI=1S/C21H27N5O.HI/c1-15-10-11-16(19(13-15)27-3)14-24-21(22-2)23-12-6-9-20-25-17-7-4-5-8-18(17)26-20;/h4-5,7-8,10-11,13H,6,9,12,14H2,1-3H3,(H,25,26)(H2,22,23,24);1H. The van der Waals surface area contributed by atoms with Gasteiger partial charge < -0.3 is 20.4 Å². The summed E-state index contributed by atoms with van der Waals surface area (Å²) in [6.45, 7) is 3.54. The number of aromatic nitrogens is 2. The second kappa shape index (κ2) is 10.9. The van der Waals surface area contributed by atoms with Gasteiger partial charge in [0, 0.05) is 32.1 Å². The molecule has 0 unspecified atom stereocenters. The highest BCUT2D eigenvalue weighted by atomic mass is 127. The minimum atomic E-state index is 0. The largest absolute Gasteiger partial charge is 0.496 e. The lowest BCUT2D eigenvalue weighted by atomic mass is 10.1. The lowest BCUT2D eigenvalue weighted by Gasteiger charge is -2.14. The van der Waals surface area contributed by atoms with Crippen molar-refractivity contribution in [1.82, 2.24) is 20.6 Å². The molecule has 0 radical (unpaired) electrons. The quantitative estimate of drug-likeness (QED) is 0.203. The number of benzene rings is 2. The third kappa shape index (κ3) is 5.85. The number of ether oxygens (including phenoxy) is 1. The molecule has 3 aromatic rings. The van der Waals surface area contributed by atoms with E-state index in [0.29, 0.717) is 6.54 Å². The molecule has 1 heterocycles. The number of H-pyrrole nitrogens is 1. The highest BCUT2D eigenvalue weighted by molar-refractivity contribution is 14.0. The second-order valence-corrected chi connectivity index (χ2v) is 6.47. The van der Waals surface area contributed by atoms with Gasteiger partial charge in [0.1, 0.15) is 11.6 Å². The van der Waals surface area contributed by atoms with Crippen LogP contribution in [0.15, 0.2) is 47.5 Å². The van der Waals surface area contributed by atoms with Crippen LogP contribution in [0.3, 0.4) is 0 Å². The summed E-state index contributed by atoms with van der Waals surface area (Å²) in [7, 11) is 3.48. The van der Waals surface area contributed by atoms with Crippen LogP contribution in [0.5, 0.6) is 5.75 Å². The number of methoxy groups -OCH3 is 1. The number of nitrogens with one attached hydrogen (secondary N) is 3. The molecular formula is C21H28IN5O. The van der Waals surface area contributed by atoms with E-state index in [1.807, 2.05) is 24.3 Å². The van der Waals surface area contributed by atoms with Crippen LogP contribution >= 0.6 is 24.0 Å². The van der Waals surface area contributed by atoms with Crippen molar-refractivity contribution in [1.29, 1.82) is 0 Å². The predicted molar refractivity (Wildman–Crippen MR) is 126 cm³/mol. The number of hydrogen-bond donors (Lipinski definition) is 3. The van der Waals surface area contributed by atoms with Crippen LogP contribution in [0.2, 0.25) is 0 Å². The van der Waals surface area contributed by atoms with E-state index >= 15 is 0 Å². The Labute approximate surface area is 183 Å². The van der Waals surface area contributed by atoms with Crippen LogP contribution in [0.4, 0.5) is 0 Å². The van der Waals surface area contributed by atoms with Crippen molar-refractivity contribution in [2.24, 2.45) is 4.99 Å². The summed E-state index contributed by atoms with van der Waals surface area (Å²) >= 11 is 0. The van der Waals surface area contributed by atoms with Crippen molar-refractivity contribution < 1.29 is 4.74 Å².